The Morgan fingerprint density at radius 2 is 1.07 bits per heavy atom. The van der Waals surface area contributed by atoms with Crippen LogP contribution in [0.3, 0.4) is 0 Å². The van der Waals surface area contributed by atoms with Crippen LogP contribution in [0.5, 0.6) is 0 Å². The number of aromatic nitrogens is 4. The Hall–Kier alpha value is -5.32. The molecule has 4 nitrogen and oxygen atoms in total. The van der Waals surface area contributed by atoms with Crippen LogP contribution in [0.15, 0.2) is 140 Å². The highest BCUT2D eigenvalue weighted by atomic mass is 35.5. The molecule has 0 aliphatic heterocycles. The molecule has 2 heterocycles. The molecular weight excluding hydrogens is 536 g/mol. The monoisotopic (exact) mass is 558 g/mol. The number of benzene rings is 6. The summed E-state index contributed by atoms with van der Waals surface area (Å²) in [6, 6.07) is 48.3. The second kappa shape index (κ2) is 9.95. The van der Waals surface area contributed by atoms with Gasteiger partial charge in [0.05, 0.1) is 11.0 Å². The minimum atomic E-state index is 0.164. The van der Waals surface area contributed by atoms with Gasteiger partial charge in [-0.05, 0) is 57.8 Å². The predicted molar refractivity (Wildman–Crippen MR) is 173 cm³/mol. The molecule has 0 saturated heterocycles. The normalized spacial score (nSPS) is 11.5. The van der Waals surface area contributed by atoms with Crippen LogP contribution in [-0.2, 0) is 0 Å². The average Bonchev–Trinajstić information content (AvgIpc) is 3.38. The third-order valence-electron chi connectivity index (χ3n) is 7.80. The quantitative estimate of drug-likeness (QED) is 0.216. The van der Waals surface area contributed by atoms with Crippen molar-refractivity contribution >= 4 is 44.2 Å². The molecule has 0 bridgehead atoms. The van der Waals surface area contributed by atoms with Crippen molar-refractivity contribution < 1.29 is 0 Å². The molecule has 0 N–H and O–H groups in total. The second-order valence-electron chi connectivity index (χ2n) is 10.3. The largest absolute Gasteiger partial charge is 0.309 e. The highest BCUT2D eigenvalue weighted by Crippen LogP contribution is 2.35. The zero-order chi connectivity index (χ0) is 28.0. The molecule has 0 aliphatic rings. The van der Waals surface area contributed by atoms with E-state index in [0.717, 1.165) is 33.4 Å². The van der Waals surface area contributed by atoms with E-state index in [0.29, 0.717) is 11.6 Å². The Balaban J connectivity index is 1.22. The third-order valence-corrected chi connectivity index (χ3v) is 7.97. The predicted octanol–water partition coefficient (Wildman–Crippen LogP) is 9.78. The average molecular weight is 559 g/mol. The van der Waals surface area contributed by atoms with Gasteiger partial charge in [0.25, 0.3) is 0 Å². The summed E-state index contributed by atoms with van der Waals surface area (Å²) in [5, 5.41) is 4.97. The van der Waals surface area contributed by atoms with Gasteiger partial charge in [-0.1, -0.05) is 115 Å². The topological polar surface area (TPSA) is 43.6 Å². The lowest BCUT2D eigenvalue weighted by Gasteiger charge is -2.10. The van der Waals surface area contributed by atoms with Crippen LogP contribution in [0, 0.1) is 0 Å². The van der Waals surface area contributed by atoms with Crippen molar-refractivity contribution in [2.24, 2.45) is 0 Å². The molecule has 8 aromatic rings. The molecule has 198 valence electrons. The minimum absolute atomic E-state index is 0.164. The van der Waals surface area contributed by atoms with Crippen molar-refractivity contribution in [3.8, 4) is 39.6 Å². The molecule has 6 aromatic carbocycles. The van der Waals surface area contributed by atoms with Crippen LogP contribution in [0.25, 0.3) is 72.2 Å². The third kappa shape index (κ3) is 4.12. The first-order valence-electron chi connectivity index (χ1n) is 13.8. The van der Waals surface area contributed by atoms with Crippen molar-refractivity contribution in [2.45, 2.75) is 0 Å². The molecule has 0 fully saturated rings. The molecule has 0 radical (unpaired) electrons. The van der Waals surface area contributed by atoms with Gasteiger partial charge in [-0.15, -0.1) is 0 Å². The molecule has 8 rings (SSSR count). The van der Waals surface area contributed by atoms with E-state index >= 15 is 0 Å². The van der Waals surface area contributed by atoms with Gasteiger partial charge in [0.2, 0.25) is 5.28 Å². The lowest BCUT2D eigenvalue weighted by molar-refractivity contribution is 1.07. The van der Waals surface area contributed by atoms with Crippen molar-refractivity contribution in [2.75, 3.05) is 0 Å². The molecule has 42 heavy (non-hydrogen) atoms. The lowest BCUT2D eigenvalue weighted by atomic mass is 9.97. The second-order valence-corrected chi connectivity index (χ2v) is 10.6. The Morgan fingerprint density at radius 1 is 0.452 bits per heavy atom. The van der Waals surface area contributed by atoms with Crippen molar-refractivity contribution in [1.82, 2.24) is 19.5 Å². The summed E-state index contributed by atoms with van der Waals surface area (Å²) >= 11 is 6.48. The van der Waals surface area contributed by atoms with Crippen LogP contribution in [0.1, 0.15) is 0 Å². The van der Waals surface area contributed by atoms with Gasteiger partial charge in [-0.25, -0.2) is 4.98 Å². The summed E-state index contributed by atoms with van der Waals surface area (Å²) in [6.07, 6.45) is 0. The van der Waals surface area contributed by atoms with Crippen molar-refractivity contribution in [3.05, 3.63) is 145 Å². The van der Waals surface area contributed by atoms with Crippen LogP contribution in [0.2, 0.25) is 5.28 Å². The number of nitrogens with zero attached hydrogens (tertiary/aromatic N) is 4. The number of rotatable bonds is 4. The standard InChI is InChI=1S/C37H23ClN4/c38-37-40-35(26-19-17-25(18-20-26)30-15-8-10-24-9-4-5-13-29(24)30)39-36(41-37)27-21-22-32-31-14-6-7-16-33(31)42(34(32)23-27)28-11-2-1-3-12-28/h1-23H. The lowest BCUT2D eigenvalue weighted by Crippen LogP contribution is -1.98. The molecule has 0 saturated carbocycles. The first kappa shape index (κ1) is 24.5. The number of para-hydroxylation sites is 2. The zero-order valence-corrected chi connectivity index (χ0v) is 23.2. The first-order chi connectivity index (χ1) is 20.7. The molecule has 0 aliphatic carbocycles. The fraction of sp³-hybridized carbons (Fsp3) is 0. The summed E-state index contributed by atoms with van der Waals surface area (Å²) < 4.78 is 2.28. The Bertz CT molecular complexity index is 2250. The summed E-state index contributed by atoms with van der Waals surface area (Å²) in [5.74, 6) is 1.08. The van der Waals surface area contributed by atoms with Gasteiger partial charge in [-0.2, -0.15) is 9.97 Å². The van der Waals surface area contributed by atoms with Gasteiger partial charge >= 0.3 is 0 Å². The van der Waals surface area contributed by atoms with E-state index in [-0.39, 0.29) is 5.28 Å². The zero-order valence-electron chi connectivity index (χ0n) is 22.4. The van der Waals surface area contributed by atoms with E-state index in [4.69, 9.17) is 16.6 Å². The summed E-state index contributed by atoms with van der Waals surface area (Å²) in [7, 11) is 0. The molecule has 0 atom stereocenters. The Kier molecular flexibility index (Phi) is 5.80. The van der Waals surface area contributed by atoms with Crippen molar-refractivity contribution in [3.63, 3.8) is 0 Å². The van der Waals surface area contributed by atoms with E-state index in [1.807, 2.05) is 18.2 Å². The van der Waals surface area contributed by atoms with Crippen molar-refractivity contribution in [1.29, 1.82) is 0 Å². The highest BCUT2D eigenvalue weighted by Gasteiger charge is 2.15. The van der Waals surface area contributed by atoms with Crippen LogP contribution >= 0.6 is 11.6 Å². The van der Waals surface area contributed by atoms with Crippen LogP contribution < -0.4 is 0 Å². The van der Waals surface area contributed by atoms with E-state index in [1.165, 1.54) is 27.1 Å². The number of fused-ring (bicyclic) bond motifs is 4. The van der Waals surface area contributed by atoms with Gasteiger partial charge < -0.3 is 4.57 Å². The number of hydrogen-bond donors (Lipinski definition) is 0. The van der Waals surface area contributed by atoms with Crippen LogP contribution in [-0.4, -0.2) is 19.5 Å². The van der Waals surface area contributed by atoms with E-state index in [2.05, 4.69) is 136 Å². The maximum Gasteiger partial charge on any atom is 0.226 e. The Morgan fingerprint density at radius 3 is 1.90 bits per heavy atom. The van der Waals surface area contributed by atoms with E-state index < -0.39 is 0 Å². The summed E-state index contributed by atoms with van der Waals surface area (Å²) in [6.45, 7) is 0. The van der Waals surface area contributed by atoms with Gasteiger partial charge in [0.15, 0.2) is 11.6 Å². The maximum atomic E-state index is 6.48. The molecule has 0 amide bonds. The molecule has 5 heteroatoms. The molecule has 0 unspecified atom stereocenters. The molecular formula is C37H23ClN4. The Labute approximate surface area is 247 Å². The summed E-state index contributed by atoms with van der Waals surface area (Å²) in [4.78, 5) is 13.9. The SMILES string of the molecule is Clc1nc(-c2ccc(-c3cccc4ccccc34)cc2)nc(-c2ccc3c4ccccc4n(-c4ccccc4)c3c2)n1. The molecule has 0 spiro atoms. The minimum Gasteiger partial charge on any atom is -0.309 e. The maximum absolute atomic E-state index is 6.48. The first-order valence-corrected chi connectivity index (χ1v) is 14.2. The van der Waals surface area contributed by atoms with E-state index in [9.17, 15) is 0 Å². The molecule has 2 aromatic heterocycles. The number of halogens is 1. The smallest absolute Gasteiger partial charge is 0.226 e. The van der Waals surface area contributed by atoms with E-state index in [1.54, 1.807) is 0 Å². The summed E-state index contributed by atoms with van der Waals surface area (Å²) in [5.41, 5.74) is 7.41. The highest BCUT2D eigenvalue weighted by molar-refractivity contribution is 6.28. The van der Waals surface area contributed by atoms with Gasteiger partial charge in [0.1, 0.15) is 0 Å². The fourth-order valence-corrected chi connectivity index (χ4v) is 6.01. The van der Waals surface area contributed by atoms with Gasteiger partial charge in [0, 0.05) is 27.6 Å². The van der Waals surface area contributed by atoms with Gasteiger partial charge in [-0.3, -0.25) is 0 Å². The fourth-order valence-electron chi connectivity index (χ4n) is 5.85. The van der Waals surface area contributed by atoms with Crippen LogP contribution in [0.4, 0.5) is 0 Å². The number of hydrogen-bond acceptors (Lipinski definition) is 3.